The lowest BCUT2D eigenvalue weighted by Crippen LogP contribution is -2.30. The molecule has 0 aliphatic heterocycles. The van der Waals surface area contributed by atoms with Crippen molar-refractivity contribution in [1.29, 1.82) is 0 Å². The first-order valence-corrected chi connectivity index (χ1v) is 8.38. The zero-order chi connectivity index (χ0) is 18.2. The van der Waals surface area contributed by atoms with Crippen LogP contribution < -0.4 is 25.4 Å². The molecule has 9 heteroatoms. The number of hydrogen-bond donors (Lipinski definition) is 3. The zero-order valence-corrected chi connectivity index (χ0v) is 15.0. The quantitative estimate of drug-likeness (QED) is 0.612. The molecule has 0 spiro atoms. The van der Waals surface area contributed by atoms with Crippen LogP contribution in [0.1, 0.15) is 20.8 Å². The number of hydrogen-bond acceptors (Lipinski definition) is 7. The second kappa shape index (κ2) is 9.00. The lowest BCUT2D eigenvalue weighted by Gasteiger charge is -2.09. The summed E-state index contributed by atoms with van der Waals surface area (Å²) in [5, 5.41) is 10.3. The third kappa shape index (κ3) is 4.91. The maximum Gasteiger partial charge on any atom is 0.270 e. The molecule has 0 aliphatic rings. The largest absolute Gasteiger partial charge is 0.493 e. The van der Waals surface area contributed by atoms with Gasteiger partial charge in [0.2, 0.25) is 0 Å². The Morgan fingerprint density at radius 3 is 2.56 bits per heavy atom. The number of carbonyl (C=O) groups is 2. The maximum atomic E-state index is 12.3. The molecule has 2 aromatic rings. The van der Waals surface area contributed by atoms with Gasteiger partial charge in [-0.05, 0) is 25.2 Å². The summed E-state index contributed by atoms with van der Waals surface area (Å²) >= 11 is 1.18. The van der Waals surface area contributed by atoms with E-state index in [0.717, 1.165) is 0 Å². The maximum absolute atomic E-state index is 12.3. The van der Waals surface area contributed by atoms with Gasteiger partial charge < -0.3 is 20.1 Å². The Balaban J connectivity index is 2.02. The molecular formula is C16H20N4O4S. The average molecular weight is 364 g/mol. The Labute approximate surface area is 149 Å². The molecule has 2 rings (SSSR count). The highest BCUT2D eigenvalue weighted by atomic mass is 32.1. The fourth-order valence-electron chi connectivity index (χ4n) is 1.97. The van der Waals surface area contributed by atoms with E-state index in [1.807, 2.05) is 0 Å². The molecule has 0 saturated carbocycles. The molecule has 0 bridgehead atoms. The smallest absolute Gasteiger partial charge is 0.270 e. The van der Waals surface area contributed by atoms with Crippen molar-refractivity contribution in [3.05, 3.63) is 34.8 Å². The van der Waals surface area contributed by atoms with E-state index in [1.165, 1.54) is 25.6 Å². The number of likely N-dealkylation sites (N-methyl/N-ethyl adjacent to an activating group) is 1. The first-order valence-electron chi connectivity index (χ1n) is 7.50. The number of nitrogens with one attached hydrogen (secondary N) is 3. The highest BCUT2D eigenvalue weighted by Gasteiger charge is 2.14. The topological polar surface area (TPSA) is 102 Å². The first kappa shape index (κ1) is 18.7. The lowest BCUT2D eigenvalue weighted by molar-refractivity contribution is 0.0948. The van der Waals surface area contributed by atoms with Gasteiger partial charge in [-0.1, -0.05) is 0 Å². The minimum Gasteiger partial charge on any atom is -0.493 e. The number of methoxy groups -OCH3 is 2. The third-order valence-corrected chi connectivity index (χ3v) is 4.02. The molecule has 8 nitrogen and oxygen atoms in total. The van der Waals surface area contributed by atoms with Gasteiger partial charge in [0.1, 0.15) is 5.69 Å². The molecule has 3 N–H and O–H groups in total. The van der Waals surface area contributed by atoms with E-state index in [-0.39, 0.29) is 17.5 Å². The van der Waals surface area contributed by atoms with Crippen molar-refractivity contribution in [2.75, 3.05) is 39.7 Å². The molecule has 0 radical (unpaired) electrons. The third-order valence-electron chi connectivity index (χ3n) is 3.26. The van der Waals surface area contributed by atoms with Crippen molar-refractivity contribution in [2.24, 2.45) is 0 Å². The number of amides is 2. The summed E-state index contributed by atoms with van der Waals surface area (Å²) in [6.45, 7) is 1.17. The fraction of sp³-hybridized carbons (Fsp3) is 0.312. The molecule has 0 unspecified atom stereocenters. The minimum absolute atomic E-state index is 0.267. The van der Waals surface area contributed by atoms with E-state index < -0.39 is 0 Å². The summed E-state index contributed by atoms with van der Waals surface area (Å²) in [6.07, 6.45) is 0. The summed E-state index contributed by atoms with van der Waals surface area (Å²) in [6, 6.07) is 4.85. The van der Waals surface area contributed by atoms with Crippen molar-refractivity contribution >= 4 is 28.3 Å². The Hall–Kier alpha value is -2.65. The van der Waals surface area contributed by atoms with Gasteiger partial charge in [-0.2, -0.15) is 0 Å². The fourth-order valence-corrected chi connectivity index (χ4v) is 2.66. The normalized spacial score (nSPS) is 10.2. The van der Waals surface area contributed by atoms with Crippen LogP contribution in [0.4, 0.5) is 5.13 Å². The van der Waals surface area contributed by atoms with Gasteiger partial charge in [0, 0.05) is 24.0 Å². The highest BCUT2D eigenvalue weighted by molar-refractivity contribution is 7.14. The first-order chi connectivity index (χ1) is 12.1. The molecule has 134 valence electrons. The van der Waals surface area contributed by atoms with E-state index in [1.54, 1.807) is 30.6 Å². The van der Waals surface area contributed by atoms with Gasteiger partial charge in [0.25, 0.3) is 11.8 Å². The highest BCUT2D eigenvalue weighted by Crippen LogP contribution is 2.28. The van der Waals surface area contributed by atoms with Crippen LogP contribution in [0.25, 0.3) is 0 Å². The number of carbonyl (C=O) groups excluding carboxylic acids is 2. The molecule has 25 heavy (non-hydrogen) atoms. The van der Waals surface area contributed by atoms with Crippen molar-refractivity contribution < 1.29 is 19.1 Å². The average Bonchev–Trinajstić information content (AvgIpc) is 3.09. The number of rotatable bonds is 8. The predicted octanol–water partition coefficient (Wildman–Crippen LogP) is 1.36. The minimum atomic E-state index is -0.350. The molecular weight excluding hydrogens is 344 g/mol. The van der Waals surface area contributed by atoms with Crippen LogP contribution in [0.5, 0.6) is 11.5 Å². The number of nitrogens with zero attached hydrogens (tertiary/aromatic N) is 1. The van der Waals surface area contributed by atoms with Crippen molar-refractivity contribution in [2.45, 2.75) is 0 Å². The van der Waals surface area contributed by atoms with E-state index >= 15 is 0 Å². The summed E-state index contributed by atoms with van der Waals surface area (Å²) in [4.78, 5) is 28.4. The standard InChI is InChI=1S/C16H20N4O4S/c1-17-6-7-18-15(22)11-9-25-16(19-11)20-14(21)10-4-5-12(23-2)13(8-10)24-3/h4-5,8-9,17H,6-7H2,1-3H3,(H,18,22)(H,19,20,21). The van der Waals surface area contributed by atoms with Crippen molar-refractivity contribution in [1.82, 2.24) is 15.6 Å². The van der Waals surface area contributed by atoms with Crippen LogP contribution in [0.3, 0.4) is 0 Å². The predicted molar refractivity (Wildman–Crippen MR) is 95.9 cm³/mol. The van der Waals surface area contributed by atoms with Crippen LogP contribution in [-0.2, 0) is 0 Å². The van der Waals surface area contributed by atoms with E-state index in [2.05, 4.69) is 20.9 Å². The van der Waals surface area contributed by atoms with Crippen molar-refractivity contribution in [3.8, 4) is 11.5 Å². The van der Waals surface area contributed by atoms with E-state index in [0.29, 0.717) is 35.3 Å². The molecule has 1 heterocycles. The second-order valence-corrected chi connectivity index (χ2v) is 5.78. The number of anilines is 1. The SMILES string of the molecule is CNCCNC(=O)c1csc(NC(=O)c2ccc(OC)c(OC)c2)n1. The molecule has 0 fully saturated rings. The van der Waals surface area contributed by atoms with Crippen molar-refractivity contribution in [3.63, 3.8) is 0 Å². The molecule has 0 atom stereocenters. The summed E-state index contributed by atoms with van der Waals surface area (Å²) < 4.78 is 10.3. The Kier molecular flexibility index (Phi) is 6.72. The molecule has 1 aromatic carbocycles. The molecule has 1 aromatic heterocycles. The number of benzene rings is 1. The van der Waals surface area contributed by atoms with E-state index in [4.69, 9.17) is 9.47 Å². The van der Waals surface area contributed by atoms with Crippen LogP contribution in [0.2, 0.25) is 0 Å². The van der Waals surface area contributed by atoms with Crippen LogP contribution in [0, 0.1) is 0 Å². The van der Waals surface area contributed by atoms with Gasteiger partial charge in [-0.25, -0.2) is 4.98 Å². The van der Waals surface area contributed by atoms with Gasteiger partial charge in [-0.3, -0.25) is 14.9 Å². The van der Waals surface area contributed by atoms with Crippen LogP contribution in [0.15, 0.2) is 23.6 Å². The molecule has 0 aliphatic carbocycles. The number of aromatic nitrogens is 1. The van der Waals surface area contributed by atoms with E-state index in [9.17, 15) is 9.59 Å². The van der Waals surface area contributed by atoms with Crippen LogP contribution in [-0.4, -0.2) is 51.2 Å². The zero-order valence-electron chi connectivity index (χ0n) is 14.2. The Morgan fingerprint density at radius 1 is 1.12 bits per heavy atom. The van der Waals surface area contributed by atoms with Gasteiger partial charge >= 0.3 is 0 Å². The monoisotopic (exact) mass is 364 g/mol. The molecule has 2 amide bonds. The number of ether oxygens (including phenoxy) is 2. The van der Waals surface area contributed by atoms with Gasteiger partial charge in [0.15, 0.2) is 16.6 Å². The van der Waals surface area contributed by atoms with Gasteiger partial charge in [0.05, 0.1) is 14.2 Å². The Morgan fingerprint density at radius 2 is 1.88 bits per heavy atom. The summed E-state index contributed by atoms with van der Waals surface area (Å²) in [5.74, 6) is 0.364. The second-order valence-electron chi connectivity index (χ2n) is 4.92. The van der Waals surface area contributed by atoms with Crippen LogP contribution >= 0.6 is 11.3 Å². The number of thiazole rings is 1. The van der Waals surface area contributed by atoms with Gasteiger partial charge in [-0.15, -0.1) is 11.3 Å². The summed E-state index contributed by atoms with van der Waals surface area (Å²) in [7, 11) is 4.83. The molecule has 0 saturated heterocycles. The Bertz CT molecular complexity index is 747. The summed E-state index contributed by atoms with van der Waals surface area (Å²) in [5.41, 5.74) is 0.664. The lowest BCUT2D eigenvalue weighted by atomic mass is 10.2.